The lowest BCUT2D eigenvalue weighted by Crippen LogP contribution is -2.49. The molecule has 0 saturated heterocycles. The summed E-state index contributed by atoms with van der Waals surface area (Å²) in [7, 11) is 0. The third-order valence-corrected chi connectivity index (χ3v) is 5.07. The van der Waals surface area contributed by atoms with Gasteiger partial charge in [0.15, 0.2) is 0 Å². The summed E-state index contributed by atoms with van der Waals surface area (Å²) in [6.07, 6.45) is 4.24. The van der Waals surface area contributed by atoms with E-state index < -0.39 is 11.5 Å². The first-order valence-electron chi connectivity index (χ1n) is 7.22. The fourth-order valence-electron chi connectivity index (χ4n) is 2.91. The van der Waals surface area contributed by atoms with E-state index in [-0.39, 0.29) is 0 Å². The minimum Gasteiger partial charge on any atom is -0.480 e. The normalized spacial score (nSPS) is 25.1. The summed E-state index contributed by atoms with van der Waals surface area (Å²) in [4.78, 5) is 11.8. The van der Waals surface area contributed by atoms with Crippen LogP contribution in [0.15, 0.2) is 22.7 Å². The molecule has 0 spiro atoms. The number of carboxylic acid groups (broad SMARTS) is 1. The average Bonchev–Trinajstić information content (AvgIpc) is 2.49. The summed E-state index contributed by atoms with van der Waals surface area (Å²) in [5.74, 6) is -0.169. The zero-order valence-electron chi connectivity index (χ0n) is 12.0. The van der Waals surface area contributed by atoms with Crippen molar-refractivity contribution in [2.45, 2.75) is 44.6 Å². The Bertz CT molecular complexity index is 572. The lowest BCUT2D eigenvalue weighted by molar-refractivity contribution is -0.143. The van der Waals surface area contributed by atoms with Gasteiger partial charge in [-0.25, -0.2) is 4.79 Å². The van der Waals surface area contributed by atoms with Gasteiger partial charge in [-0.3, -0.25) is 0 Å². The van der Waals surface area contributed by atoms with Crippen LogP contribution >= 0.6 is 15.9 Å². The van der Waals surface area contributed by atoms with Crippen LogP contribution < -0.4 is 5.32 Å². The molecule has 1 fully saturated rings. The van der Waals surface area contributed by atoms with Gasteiger partial charge in [0.25, 0.3) is 0 Å². The molecule has 2 rings (SSSR count). The Labute approximate surface area is 133 Å². The molecule has 1 aromatic rings. The molecule has 2 N–H and O–H groups in total. The predicted molar refractivity (Wildman–Crippen MR) is 85.1 cm³/mol. The maximum Gasteiger partial charge on any atom is 0.329 e. The number of rotatable bonds is 4. The van der Waals surface area contributed by atoms with E-state index in [1.807, 2.05) is 0 Å². The molecule has 21 heavy (non-hydrogen) atoms. The first-order chi connectivity index (χ1) is 10.0. The van der Waals surface area contributed by atoms with Crippen LogP contribution in [0.2, 0.25) is 0 Å². The van der Waals surface area contributed by atoms with Gasteiger partial charge in [0.1, 0.15) is 5.54 Å². The van der Waals surface area contributed by atoms with Gasteiger partial charge in [-0.1, -0.05) is 13.3 Å². The Morgan fingerprint density at radius 2 is 2.19 bits per heavy atom. The van der Waals surface area contributed by atoms with E-state index in [1.165, 1.54) is 0 Å². The monoisotopic (exact) mass is 350 g/mol. The largest absolute Gasteiger partial charge is 0.480 e. The molecule has 1 aliphatic rings. The second-order valence-corrected chi connectivity index (χ2v) is 6.52. The molecular weight excluding hydrogens is 332 g/mol. The van der Waals surface area contributed by atoms with Crippen LogP contribution in [0.4, 0.5) is 5.69 Å². The molecule has 5 heteroatoms. The quantitative estimate of drug-likeness (QED) is 0.854. The molecule has 112 valence electrons. The predicted octanol–water partition coefficient (Wildman–Crippen LogP) is 4.16. The Morgan fingerprint density at radius 1 is 1.52 bits per heavy atom. The molecule has 0 bridgehead atoms. The lowest BCUT2D eigenvalue weighted by atomic mass is 9.75. The first-order valence-corrected chi connectivity index (χ1v) is 8.01. The minimum absolute atomic E-state index is 0.548. The lowest BCUT2D eigenvalue weighted by Gasteiger charge is -2.38. The molecule has 0 aliphatic heterocycles. The first kappa shape index (κ1) is 15.8. The highest BCUT2D eigenvalue weighted by molar-refractivity contribution is 9.10. The van der Waals surface area contributed by atoms with E-state index in [2.05, 4.69) is 34.2 Å². The van der Waals surface area contributed by atoms with E-state index in [1.54, 1.807) is 18.2 Å². The Hall–Kier alpha value is -1.54. The molecular formula is C16H19BrN2O2. The van der Waals surface area contributed by atoms with Crippen molar-refractivity contribution >= 4 is 27.6 Å². The maximum absolute atomic E-state index is 11.8. The smallest absolute Gasteiger partial charge is 0.329 e. The standard InChI is InChI=1S/C16H19BrN2O2/c1-2-11-5-7-16(8-6-11,15(20)21)19-14-4-3-12(10-18)9-13(14)17/h3-4,9,11,19H,2,5-8H2,1H3,(H,20,21). The molecule has 1 aliphatic carbocycles. The van der Waals surface area contributed by atoms with Gasteiger partial charge >= 0.3 is 5.97 Å². The van der Waals surface area contributed by atoms with Crippen molar-refractivity contribution in [3.8, 4) is 6.07 Å². The maximum atomic E-state index is 11.8. The van der Waals surface area contributed by atoms with Crippen LogP contribution in [-0.4, -0.2) is 16.6 Å². The Balaban J connectivity index is 2.22. The van der Waals surface area contributed by atoms with Crippen molar-refractivity contribution in [2.24, 2.45) is 5.92 Å². The highest BCUT2D eigenvalue weighted by Crippen LogP contribution is 2.38. The summed E-state index contributed by atoms with van der Waals surface area (Å²) >= 11 is 3.41. The van der Waals surface area contributed by atoms with Gasteiger partial charge < -0.3 is 10.4 Å². The van der Waals surface area contributed by atoms with E-state index in [0.717, 1.165) is 29.4 Å². The third kappa shape index (κ3) is 3.38. The van der Waals surface area contributed by atoms with Crippen molar-refractivity contribution in [3.63, 3.8) is 0 Å². The number of nitrogens with one attached hydrogen (secondary N) is 1. The molecule has 0 radical (unpaired) electrons. The number of nitriles is 1. The average molecular weight is 351 g/mol. The van der Waals surface area contributed by atoms with Crippen LogP contribution in [0.1, 0.15) is 44.6 Å². The molecule has 0 unspecified atom stereocenters. The number of carboxylic acids is 1. The Morgan fingerprint density at radius 3 is 2.67 bits per heavy atom. The summed E-state index contributed by atoms with van der Waals surface area (Å²) in [6, 6.07) is 7.23. The molecule has 0 amide bonds. The Kier molecular flexibility index (Phi) is 4.89. The topological polar surface area (TPSA) is 73.1 Å². The number of hydrogen-bond donors (Lipinski definition) is 2. The van der Waals surface area contributed by atoms with E-state index in [9.17, 15) is 9.90 Å². The van der Waals surface area contributed by atoms with Gasteiger partial charge in [0, 0.05) is 10.2 Å². The van der Waals surface area contributed by atoms with Crippen molar-refractivity contribution in [2.75, 3.05) is 5.32 Å². The van der Waals surface area contributed by atoms with Crippen molar-refractivity contribution < 1.29 is 9.90 Å². The zero-order chi connectivity index (χ0) is 15.5. The van der Waals surface area contributed by atoms with Crippen LogP contribution in [0.5, 0.6) is 0 Å². The van der Waals surface area contributed by atoms with Crippen LogP contribution in [0, 0.1) is 17.2 Å². The molecule has 0 heterocycles. The fraction of sp³-hybridized carbons (Fsp3) is 0.500. The summed E-state index contributed by atoms with van der Waals surface area (Å²) in [5.41, 5.74) is 0.375. The molecule has 0 atom stereocenters. The summed E-state index contributed by atoms with van der Waals surface area (Å²) < 4.78 is 0.722. The number of nitrogens with zero attached hydrogens (tertiary/aromatic N) is 1. The van der Waals surface area contributed by atoms with Crippen molar-refractivity contribution in [1.29, 1.82) is 5.26 Å². The summed E-state index contributed by atoms with van der Waals surface area (Å²) in [5, 5.41) is 21.8. The molecule has 4 nitrogen and oxygen atoms in total. The fourth-order valence-corrected chi connectivity index (χ4v) is 3.39. The molecule has 1 aromatic carbocycles. The van der Waals surface area contributed by atoms with Crippen molar-refractivity contribution in [3.05, 3.63) is 28.2 Å². The number of benzene rings is 1. The summed E-state index contributed by atoms with van der Waals surface area (Å²) in [6.45, 7) is 2.16. The van der Waals surface area contributed by atoms with Gasteiger partial charge in [-0.2, -0.15) is 5.26 Å². The van der Waals surface area contributed by atoms with E-state index >= 15 is 0 Å². The SMILES string of the molecule is CCC1CCC(Nc2ccc(C#N)cc2Br)(C(=O)O)CC1. The van der Waals surface area contributed by atoms with E-state index in [4.69, 9.17) is 5.26 Å². The van der Waals surface area contributed by atoms with Gasteiger partial charge in [0.05, 0.1) is 11.6 Å². The zero-order valence-corrected chi connectivity index (χ0v) is 13.6. The van der Waals surface area contributed by atoms with Gasteiger partial charge in [-0.05, 0) is 65.7 Å². The van der Waals surface area contributed by atoms with Crippen LogP contribution in [-0.2, 0) is 4.79 Å². The van der Waals surface area contributed by atoms with E-state index in [0.29, 0.717) is 24.3 Å². The number of hydrogen-bond acceptors (Lipinski definition) is 3. The number of carbonyl (C=O) groups is 1. The van der Waals surface area contributed by atoms with Gasteiger partial charge in [-0.15, -0.1) is 0 Å². The van der Waals surface area contributed by atoms with Crippen LogP contribution in [0.25, 0.3) is 0 Å². The number of anilines is 1. The number of halogens is 1. The number of aliphatic carboxylic acids is 1. The highest BCUT2D eigenvalue weighted by Gasteiger charge is 2.41. The second-order valence-electron chi connectivity index (χ2n) is 5.67. The van der Waals surface area contributed by atoms with Crippen molar-refractivity contribution in [1.82, 2.24) is 0 Å². The second kappa shape index (κ2) is 6.48. The third-order valence-electron chi connectivity index (χ3n) is 4.42. The highest BCUT2D eigenvalue weighted by atomic mass is 79.9. The molecule has 1 saturated carbocycles. The van der Waals surface area contributed by atoms with Crippen LogP contribution in [0.3, 0.4) is 0 Å². The molecule has 0 aromatic heterocycles. The minimum atomic E-state index is -0.900. The van der Waals surface area contributed by atoms with Gasteiger partial charge in [0.2, 0.25) is 0 Å².